The number of carbonyl (C=O) groups is 6. The van der Waals surface area contributed by atoms with E-state index in [1.54, 1.807) is 6.92 Å². The second kappa shape index (κ2) is 13.4. The Kier molecular flexibility index (Phi) is 9.49. The molecule has 51 heavy (non-hydrogen) atoms. The molecule has 4 aliphatic rings. The Labute approximate surface area is 290 Å². The maximum absolute atomic E-state index is 13.9. The zero-order valence-corrected chi connectivity index (χ0v) is 28.0. The molecule has 0 spiro atoms. The number of ketones is 3. The monoisotopic (exact) mass is 710 g/mol. The summed E-state index contributed by atoms with van der Waals surface area (Å²) in [5.74, 6) is -5.98. The fourth-order valence-corrected chi connectivity index (χ4v) is 7.43. The number of ether oxygens (including phenoxy) is 3. The van der Waals surface area contributed by atoms with E-state index >= 15 is 0 Å². The average Bonchev–Trinajstić information content (AvgIpc) is 3.34. The van der Waals surface area contributed by atoms with Crippen molar-refractivity contribution in [3.05, 3.63) is 51.6 Å². The standard InChI is InChI=1S/C35H38N2O14/c1-14-9-23(41)37(34(14)47)8-7-22(40)36-18-10-24(50-15(2)29(18)42)51-20-12-35(48,21(39)13-38)11-17-26(20)33(46)28-27(31(17)44)30(43)16-5-4-6-19(49-3)25(16)32(28)45/h4-6,14-15,18,20,24,29,38,42,44,46,48H,7-13H2,1-3H3,(H,36,40)/t14?,15-,18-,20-,24-,29+,35-/m0/s1. The van der Waals surface area contributed by atoms with Crippen LogP contribution < -0.4 is 10.1 Å². The van der Waals surface area contributed by atoms with Crippen molar-refractivity contribution in [1.82, 2.24) is 10.2 Å². The lowest BCUT2D eigenvalue weighted by molar-refractivity contribution is -0.249. The number of likely N-dealkylation sites (tertiary alicyclic amines) is 1. The SMILES string of the molecule is COc1cccc2c1C(=O)c1c(O)c3c(c(O)c1C2=O)C[C@@](O)(C(=O)CO)C[C@@H]3O[C@H]1C[C@H](NC(=O)CCN2C(=O)CC(C)C2=O)[C@H](O)[C@H](C)O1. The van der Waals surface area contributed by atoms with Crippen molar-refractivity contribution >= 4 is 35.1 Å². The van der Waals surface area contributed by atoms with Crippen LogP contribution in [0.15, 0.2) is 18.2 Å². The van der Waals surface area contributed by atoms with Gasteiger partial charge < -0.3 is 45.1 Å². The molecular formula is C35H38N2O14. The summed E-state index contributed by atoms with van der Waals surface area (Å²) in [6.45, 7) is 1.88. The number of Topliss-reactive ketones (excluding diaryl/α,β-unsaturated/α-hetero) is 1. The van der Waals surface area contributed by atoms with Crippen molar-refractivity contribution < 1.29 is 68.5 Å². The molecule has 3 amide bonds. The van der Waals surface area contributed by atoms with E-state index in [-0.39, 0.29) is 65.6 Å². The predicted octanol–water partition coefficient (Wildman–Crippen LogP) is -0.0561. The van der Waals surface area contributed by atoms with Crippen molar-refractivity contribution in [3.63, 3.8) is 0 Å². The Morgan fingerprint density at radius 3 is 2.41 bits per heavy atom. The average molecular weight is 711 g/mol. The molecule has 6 N–H and O–H groups in total. The Hall–Kier alpha value is -4.74. The molecule has 0 saturated carbocycles. The van der Waals surface area contributed by atoms with Gasteiger partial charge in [0.25, 0.3) is 0 Å². The van der Waals surface area contributed by atoms with E-state index in [2.05, 4.69) is 5.32 Å². The summed E-state index contributed by atoms with van der Waals surface area (Å²) >= 11 is 0. The molecule has 6 rings (SSSR count). The molecule has 0 bridgehead atoms. The predicted molar refractivity (Wildman–Crippen MR) is 171 cm³/mol. The number of hydrogen-bond donors (Lipinski definition) is 6. The van der Waals surface area contributed by atoms with Crippen LogP contribution in [0.4, 0.5) is 0 Å². The quantitative estimate of drug-likeness (QED) is 0.126. The molecule has 0 aromatic heterocycles. The molecule has 272 valence electrons. The third-order valence-corrected chi connectivity index (χ3v) is 10.1. The molecule has 2 aromatic carbocycles. The number of imide groups is 1. The fraction of sp³-hybridized carbons (Fsp3) is 0.486. The number of aliphatic hydroxyl groups is 3. The lowest BCUT2D eigenvalue weighted by Crippen LogP contribution is -2.56. The second-order valence-corrected chi connectivity index (χ2v) is 13.4. The maximum Gasteiger partial charge on any atom is 0.232 e. The number of aromatic hydroxyl groups is 2. The first-order valence-electron chi connectivity index (χ1n) is 16.5. The van der Waals surface area contributed by atoms with Crippen molar-refractivity contribution in [2.45, 2.75) is 82.2 Å². The first-order chi connectivity index (χ1) is 24.1. The van der Waals surface area contributed by atoms with Gasteiger partial charge in [-0.25, -0.2) is 0 Å². The summed E-state index contributed by atoms with van der Waals surface area (Å²) in [7, 11) is 1.30. The number of amides is 3. The van der Waals surface area contributed by atoms with Crippen molar-refractivity contribution in [1.29, 1.82) is 0 Å². The van der Waals surface area contributed by atoms with Gasteiger partial charge in [-0.3, -0.25) is 33.7 Å². The van der Waals surface area contributed by atoms with Gasteiger partial charge >= 0.3 is 0 Å². The van der Waals surface area contributed by atoms with Crippen LogP contribution >= 0.6 is 0 Å². The van der Waals surface area contributed by atoms with Gasteiger partial charge in [0.2, 0.25) is 23.5 Å². The van der Waals surface area contributed by atoms with Crippen LogP contribution in [0, 0.1) is 5.92 Å². The second-order valence-electron chi connectivity index (χ2n) is 13.4. The molecule has 1 unspecified atom stereocenters. The zero-order chi connectivity index (χ0) is 37.1. The number of phenolic OH excluding ortho intramolecular Hbond substituents is 2. The molecule has 2 aromatic rings. The highest BCUT2D eigenvalue weighted by atomic mass is 16.7. The number of benzene rings is 2. The molecule has 2 aliphatic heterocycles. The molecule has 0 radical (unpaired) electrons. The molecule has 2 fully saturated rings. The lowest BCUT2D eigenvalue weighted by atomic mass is 9.72. The summed E-state index contributed by atoms with van der Waals surface area (Å²) in [6, 6.07) is 3.30. The van der Waals surface area contributed by atoms with E-state index in [1.165, 1.54) is 32.2 Å². The Balaban J connectivity index is 1.31. The van der Waals surface area contributed by atoms with Gasteiger partial charge in [-0.05, 0) is 13.0 Å². The smallest absolute Gasteiger partial charge is 0.232 e. The number of aliphatic hydroxyl groups excluding tert-OH is 2. The van der Waals surface area contributed by atoms with Crippen molar-refractivity contribution in [2.24, 2.45) is 5.92 Å². The number of nitrogens with one attached hydrogen (secondary N) is 1. The number of fused-ring (bicyclic) bond motifs is 3. The van der Waals surface area contributed by atoms with Gasteiger partial charge in [-0.15, -0.1) is 0 Å². The van der Waals surface area contributed by atoms with Crippen LogP contribution in [0.25, 0.3) is 0 Å². The van der Waals surface area contributed by atoms with Crippen LogP contribution in [-0.4, -0.2) is 116 Å². The zero-order valence-electron chi connectivity index (χ0n) is 28.0. The molecule has 16 heteroatoms. The van der Waals surface area contributed by atoms with Crippen LogP contribution in [0.2, 0.25) is 0 Å². The normalized spacial score (nSPS) is 28.6. The minimum absolute atomic E-state index is 0.0493. The number of phenols is 2. The van der Waals surface area contributed by atoms with E-state index in [1.807, 2.05) is 0 Å². The minimum atomic E-state index is -2.36. The molecule has 2 saturated heterocycles. The lowest BCUT2D eigenvalue weighted by Gasteiger charge is -2.43. The molecule has 16 nitrogen and oxygen atoms in total. The molecule has 2 heterocycles. The largest absolute Gasteiger partial charge is 0.507 e. The summed E-state index contributed by atoms with van der Waals surface area (Å²) in [4.78, 5) is 78.7. The summed E-state index contributed by atoms with van der Waals surface area (Å²) in [5, 5.41) is 57.9. The van der Waals surface area contributed by atoms with Gasteiger partial charge in [0, 0.05) is 61.3 Å². The Bertz CT molecular complexity index is 1860. The van der Waals surface area contributed by atoms with Gasteiger partial charge in [0.15, 0.2) is 17.9 Å². The number of nitrogens with zero attached hydrogens (tertiary/aromatic N) is 1. The molecular weight excluding hydrogens is 672 g/mol. The van der Waals surface area contributed by atoms with E-state index in [9.17, 15) is 54.3 Å². The van der Waals surface area contributed by atoms with Crippen LogP contribution in [-0.2, 0) is 35.1 Å². The number of hydrogen-bond acceptors (Lipinski definition) is 14. The third-order valence-electron chi connectivity index (χ3n) is 10.1. The highest BCUT2D eigenvalue weighted by Gasteiger charge is 2.50. The topological polar surface area (TPSA) is 247 Å². The number of carbonyl (C=O) groups excluding carboxylic acids is 6. The van der Waals surface area contributed by atoms with Crippen molar-refractivity contribution in [2.75, 3.05) is 20.3 Å². The van der Waals surface area contributed by atoms with Gasteiger partial charge in [0.1, 0.15) is 35.6 Å². The highest BCUT2D eigenvalue weighted by molar-refractivity contribution is 6.31. The fourth-order valence-electron chi connectivity index (χ4n) is 7.43. The van der Waals surface area contributed by atoms with Crippen LogP contribution in [0.5, 0.6) is 17.2 Å². The Morgan fingerprint density at radius 2 is 1.76 bits per heavy atom. The summed E-state index contributed by atoms with van der Waals surface area (Å²) in [6.07, 6.45) is -6.58. The minimum Gasteiger partial charge on any atom is -0.507 e. The number of rotatable bonds is 9. The van der Waals surface area contributed by atoms with Crippen LogP contribution in [0.3, 0.4) is 0 Å². The van der Waals surface area contributed by atoms with Gasteiger partial charge in [-0.2, -0.15) is 0 Å². The van der Waals surface area contributed by atoms with E-state index < -0.39 is 107 Å². The number of methoxy groups -OCH3 is 1. The van der Waals surface area contributed by atoms with Gasteiger partial charge in [-0.1, -0.05) is 19.1 Å². The van der Waals surface area contributed by atoms with Gasteiger partial charge in [0.05, 0.1) is 42.0 Å². The highest BCUT2D eigenvalue weighted by Crippen LogP contribution is 2.52. The summed E-state index contributed by atoms with van der Waals surface area (Å²) < 4.78 is 17.3. The van der Waals surface area contributed by atoms with E-state index in [0.717, 1.165) is 4.90 Å². The Morgan fingerprint density at radius 1 is 1.06 bits per heavy atom. The van der Waals surface area contributed by atoms with Crippen LogP contribution in [0.1, 0.15) is 88.6 Å². The first kappa shape index (κ1) is 36.1. The first-order valence-corrected chi connectivity index (χ1v) is 16.5. The maximum atomic E-state index is 13.9. The van der Waals surface area contributed by atoms with E-state index in [4.69, 9.17) is 14.2 Å². The summed E-state index contributed by atoms with van der Waals surface area (Å²) in [5.41, 5.74) is -4.16. The molecule has 2 aliphatic carbocycles. The third kappa shape index (κ3) is 6.06. The van der Waals surface area contributed by atoms with E-state index in [0.29, 0.717) is 0 Å². The van der Waals surface area contributed by atoms with Crippen molar-refractivity contribution in [3.8, 4) is 17.2 Å². The molecule has 7 atom stereocenters.